The summed E-state index contributed by atoms with van der Waals surface area (Å²) in [6.07, 6.45) is -4.63. The van der Waals surface area contributed by atoms with Crippen LogP contribution in [-0.4, -0.2) is 48.1 Å². The first-order valence-corrected chi connectivity index (χ1v) is 5.89. The number of nitrogens with zero attached hydrogens (tertiary/aromatic N) is 1. The minimum Gasteiger partial charge on any atom is -0.354 e. The lowest BCUT2D eigenvalue weighted by molar-refractivity contribution is -0.157. The molecule has 0 aromatic heterocycles. The fourth-order valence-corrected chi connectivity index (χ4v) is 1.78. The second-order valence-electron chi connectivity index (χ2n) is 5.50. The van der Waals surface area contributed by atoms with Gasteiger partial charge in [-0.1, -0.05) is 0 Å². The first-order valence-electron chi connectivity index (χ1n) is 5.89. The molecule has 1 aliphatic heterocycles. The van der Waals surface area contributed by atoms with Gasteiger partial charge in [0.1, 0.15) is 6.54 Å². The van der Waals surface area contributed by atoms with Crippen molar-refractivity contribution in [2.24, 2.45) is 11.7 Å². The van der Waals surface area contributed by atoms with Crippen molar-refractivity contribution in [3.63, 3.8) is 0 Å². The van der Waals surface area contributed by atoms with Gasteiger partial charge in [-0.25, -0.2) is 0 Å². The third-order valence-corrected chi connectivity index (χ3v) is 2.67. The van der Waals surface area contributed by atoms with Crippen LogP contribution in [0.5, 0.6) is 0 Å². The van der Waals surface area contributed by atoms with E-state index in [1.165, 1.54) is 0 Å². The molecule has 0 saturated carbocycles. The van der Waals surface area contributed by atoms with Gasteiger partial charge in [-0.05, 0) is 13.8 Å². The summed E-state index contributed by atoms with van der Waals surface area (Å²) in [7, 11) is 0. The summed E-state index contributed by atoms with van der Waals surface area (Å²) in [6, 6.07) is 0. The number of alkyl halides is 3. The molecule has 0 spiro atoms. The van der Waals surface area contributed by atoms with Gasteiger partial charge in [0.2, 0.25) is 11.8 Å². The maximum atomic E-state index is 12.2. The van der Waals surface area contributed by atoms with Crippen LogP contribution < -0.4 is 11.1 Å². The molecule has 2 amide bonds. The lowest BCUT2D eigenvalue weighted by Gasteiger charge is -2.21. The fraction of sp³-hybridized carbons (Fsp3) is 0.818. The average molecular weight is 281 g/mol. The Morgan fingerprint density at radius 1 is 1.47 bits per heavy atom. The number of nitrogens with one attached hydrogen (secondary N) is 1. The molecule has 0 radical (unpaired) electrons. The summed E-state index contributed by atoms with van der Waals surface area (Å²) in [5, 5.41) is 2.54. The number of hydrogen-bond donors (Lipinski definition) is 2. The largest absolute Gasteiger partial charge is 0.406 e. The van der Waals surface area contributed by atoms with Gasteiger partial charge in [0.25, 0.3) is 0 Å². The van der Waals surface area contributed by atoms with E-state index in [1.54, 1.807) is 13.8 Å². The molecule has 0 aromatic carbocycles. The zero-order chi connectivity index (χ0) is 14.8. The van der Waals surface area contributed by atoms with Crippen LogP contribution in [0.2, 0.25) is 0 Å². The van der Waals surface area contributed by atoms with E-state index in [4.69, 9.17) is 5.73 Å². The summed E-state index contributed by atoms with van der Waals surface area (Å²) < 4.78 is 36.6. The third kappa shape index (κ3) is 5.46. The van der Waals surface area contributed by atoms with Gasteiger partial charge >= 0.3 is 6.18 Å². The Kier molecular flexibility index (Phi) is 4.44. The van der Waals surface area contributed by atoms with Crippen LogP contribution in [0.1, 0.15) is 20.3 Å². The summed E-state index contributed by atoms with van der Waals surface area (Å²) in [5.41, 5.74) is 5.07. The molecule has 8 heteroatoms. The van der Waals surface area contributed by atoms with E-state index in [0.717, 1.165) is 0 Å². The van der Waals surface area contributed by atoms with Gasteiger partial charge in [0.15, 0.2) is 0 Å². The molecular formula is C11H18F3N3O2. The lowest BCUT2D eigenvalue weighted by Crippen LogP contribution is -2.47. The van der Waals surface area contributed by atoms with E-state index in [2.05, 4.69) is 5.32 Å². The Balaban J connectivity index is 2.50. The number of carbonyl (C=O) groups is 2. The molecular weight excluding hydrogens is 263 g/mol. The van der Waals surface area contributed by atoms with E-state index in [1.807, 2.05) is 0 Å². The second-order valence-corrected chi connectivity index (χ2v) is 5.50. The number of nitrogens with two attached hydrogens (primary N) is 1. The van der Waals surface area contributed by atoms with Crippen LogP contribution in [0.15, 0.2) is 0 Å². The SMILES string of the molecule is CC(C)(N)CNC(=O)C1CC(=O)N(CC(F)(F)F)C1. The molecule has 1 unspecified atom stereocenters. The van der Waals surface area contributed by atoms with Crippen molar-refractivity contribution in [3.8, 4) is 0 Å². The van der Waals surface area contributed by atoms with E-state index in [9.17, 15) is 22.8 Å². The molecule has 0 aromatic rings. The minimum absolute atomic E-state index is 0.188. The predicted octanol–water partition coefficient (Wildman–Crippen LogP) is 0.251. The van der Waals surface area contributed by atoms with Gasteiger partial charge in [0, 0.05) is 25.0 Å². The van der Waals surface area contributed by atoms with Crippen LogP contribution >= 0.6 is 0 Å². The molecule has 1 heterocycles. The second kappa shape index (κ2) is 5.36. The summed E-state index contributed by atoms with van der Waals surface area (Å²) in [4.78, 5) is 23.8. The van der Waals surface area contributed by atoms with Crippen molar-refractivity contribution in [2.45, 2.75) is 32.0 Å². The number of amides is 2. The normalized spacial score (nSPS) is 20.8. The van der Waals surface area contributed by atoms with Crippen molar-refractivity contribution in [3.05, 3.63) is 0 Å². The fourth-order valence-electron chi connectivity index (χ4n) is 1.78. The number of carbonyl (C=O) groups excluding carboxylic acids is 2. The summed E-state index contributed by atoms with van der Waals surface area (Å²) in [6.45, 7) is 2.12. The molecule has 1 fully saturated rings. The van der Waals surface area contributed by atoms with E-state index in [0.29, 0.717) is 4.90 Å². The third-order valence-electron chi connectivity index (χ3n) is 2.67. The molecule has 1 saturated heterocycles. The molecule has 19 heavy (non-hydrogen) atoms. The minimum atomic E-state index is -4.44. The first kappa shape index (κ1) is 15.7. The van der Waals surface area contributed by atoms with Gasteiger partial charge < -0.3 is 16.0 Å². The van der Waals surface area contributed by atoms with Gasteiger partial charge in [-0.3, -0.25) is 9.59 Å². The van der Waals surface area contributed by atoms with Crippen LogP contribution in [0, 0.1) is 5.92 Å². The first-order chi connectivity index (χ1) is 8.48. The van der Waals surface area contributed by atoms with Crippen LogP contribution in [0.3, 0.4) is 0 Å². The highest BCUT2D eigenvalue weighted by Crippen LogP contribution is 2.23. The number of hydrogen-bond acceptors (Lipinski definition) is 3. The Bertz CT molecular complexity index is 363. The molecule has 1 atom stereocenters. The molecule has 3 N–H and O–H groups in total. The molecule has 1 aliphatic rings. The molecule has 1 rings (SSSR count). The predicted molar refractivity (Wildman–Crippen MR) is 62.0 cm³/mol. The van der Waals surface area contributed by atoms with Crippen LogP contribution in [-0.2, 0) is 9.59 Å². The summed E-state index contributed by atoms with van der Waals surface area (Å²) in [5.74, 6) is -1.82. The van der Waals surface area contributed by atoms with Crippen LogP contribution in [0.4, 0.5) is 13.2 Å². The zero-order valence-electron chi connectivity index (χ0n) is 10.9. The molecule has 110 valence electrons. The van der Waals surface area contributed by atoms with Gasteiger partial charge in [-0.15, -0.1) is 0 Å². The highest BCUT2D eigenvalue weighted by Gasteiger charge is 2.40. The number of rotatable bonds is 4. The molecule has 5 nitrogen and oxygen atoms in total. The van der Waals surface area contributed by atoms with E-state index in [-0.39, 0.29) is 19.5 Å². The lowest BCUT2D eigenvalue weighted by atomic mass is 10.1. The maximum absolute atomic E-state index is 12.2. The molecule has 0 aliphatic carbocycles. The van der Waals surface area contributed by atoms with Gasteiger partial charge in [-0.2, -0.15) is 13.2 Å². The van der Waals surface area contributed by atoms with E-state index >= 15 is 0 Å². The van der Waals surface area contributed by atoms with Crippen molar-refractivity contribution < 1.29 is 22.8 Å². The monoisotopic (exact) mass is 281 g/mol. The molecule has 0 bridgehead atoms. The number of likely N-dealkylation sites (tertiary alicyclic amines) is 1. The van der Waals surface area contributed by atoms with Crippen LogP contribution in [0.25, 0.3) is 0 Å². The maximum Gasteiger partial charge on any atom is 0.406 e. The number of halogens is 3. The van der Waals surface area contributed by atoms with E-state index < -0.39 is 36.0 Å². The smallest absolute Gasteiger partial charge is 0.354 e. The Morgan fingerprint density at radius 2 is 2.05 bits per heavy atom. The van der Waals surface area contributed by atoms with Crippen molar-refractivity contribution in [1.82, 2.24) is 10.2 Å². The zero-order valence-corrected chi connectivity index (χ0v) is 10.9. The van der Waals surface area contributed by atoms with Crippen molar-refractivity contribution >= 4 is 11.8 Å². The highest BCUT2D eigenvalue weighted by molar-refractivity contribution is 5.89. The summed E-state index contributed by atoms with van der Waals surface area (Å²) >= 11 is 0. The standard InChI is InChI=1S/C11H18F3N3O2/c1-10(2,15)5-16-9(19)7-3-8(18)17(4-7)6-11(12,13)14/h7H,3-6,15H2,1-2H3,(H,16,19). The van der Waals surface area contributed by atoms with Gasteiger partial charge in [0.05, 0.1) is 5.92 Å². The average Bonchev–Trinajstić information content (AvgIpc) is 2.53. The highest BCUT2D eigenvalue weighted by atomic mass is 19.4. The Labute approximate surface area is 109 Å². The quantitative estimate of drug-likeness (QED) is 0.775. The Hall–Kier alpha value is -1.31. The van der Waals surface area contributed by atoms with Crippen molar-refractivity contribution in [2.75, 3.05) is 19.6 Å². The topological polar surface area (TPSA) is 75.4 Å². The van der Waals surface area contributed by atoms with Crippen molar-refractivity contribution in [1.29, 1.82) is 0 Å². The Morgan fingerprint density at radius 3 is 2.53 bits per heavy atom.